The zero-order chi connectivity index (χ0) is 15.1. The van der Waals surface area contributed by atoms with Crippen LogP contribution in [0.4, 0.5) is 0 Å². The van der Waals surface area contributed by atoms with Crippen LogP contribution in [-0.2, 0) is 0 Å². The Morgan fingerprint density at radius 1 is 1.24 bits per heavy atom. The molecule has 0 atom stereocenters. The Morgan fingerprint density at radius 3 is 2.62 bits per heavy atom. The topological polar surface area (TPSA) is 74.0 Å². The van der Waals surface area contributed by atoms with E-state index in [1.165, 1.54) is 50.8 Å². The predicted molar refractivity (Wildman–Crippen MR) is 83.6 cm³/mol. The van der Waals surface area contributed by atoms with Gasteiger partial charge in [0.1, 0.15) is 0 Å². The van der Waals surface area contributed by atoms with E-state index in [4.69, 9.17) is 0 Å². The number of amides is 1. The second-order valence-electron chi connectivity index (χ2n) is 5.79. The van der Waals surface area contributed by atoms with Crippen molar-refractivity contribution in [1.82, 2.24) is 15.6 Å². The molecule has 0 radical (unpaired) electrons. The number of hydrogen-bond acceptors (Lipinski definition) is 3. The summed E-state index contributed by atoms with van der Waals surface area (Å²) in [4.78, 5) is 25.7. The van der Waals surface area contributed by atoms with Crippen molar-refractivity contribution in [3.8, 4) is 0 Å². The number of nitrogens with one attached hydrogen (secondary N) is 3. The van der Waals surface area contributed by atoms with Crippen LogP contribution < -0.4 is 16.2 Å². The lowest BCUT2D eigenvalue weighted by molar-refractivity contribution is 0.0952. The highest BCUT2D eigenvalue weighted by molar-refractivity contribution is 5.95. The summed E-state index contributed by atoms with van der Waals surface area (Å²) in [7, 11) is 0. The van der Waals surface area contributed by atoms with Crippen molar-refractivity contribution in [3.63, 3.8) is 0 Å². The fourth-order valence-electron chi connectivity index (χ4n) is 2.85. The molecule has 0 spiro atoms. The second kappa shape index (κ2) is 7.98. The number of carbonyl (C=O) groups is 1. The zero-order valence-electron chi connectivity index (χ0n) is 12.7. The molecular weight excluding hydrogens is 266 g/mol. The number of H-pyrrole nitrogens is 1. The van der Waals surface area contributed by atoms with Crippen LogP contribution in [0.3, 0.4) is 0 Å². The van der Waals surface area contributed by atoms with E-state index in [9.17, 15) is 9.59 Å². The number of aryl methyl sites for hydroxylation is 1. The first-order valence-electron chi connectivity index (χ1n) is 7.88. The van der Waals surface area contributed by atoms with Crippen molar-refractivity contribution in [3.05, 3.63) is 33.7 Å². The lowest BCUT2D eigenvalue weighted by atomic mass is 10.1. The molecule has 21 heavy (non-hydrogen) atoms. The number of aromatic amines is 1. The molecule has 1 fully saturated rings. The summed E-state index contributed by atoms with van der Waals surface area (Å²) in [5.41, 5.74) is 1.05. The Kier molecular flexibility index (Phi) is 5.99. The lowest BCUT2D eigenvalue weighted by Crippen LogP contribution is -2.37. The van der Waals surface area contributed by atoms with Gasteiger partial charge in [-0.3, -0.25) is 9.59 Å². The zero-order valence-corrected chi connectivity index (χ0v) is 12.7. The molecule has 1 aromatic rings. The number of aromatic nitrogens is 1. The molecule has 116 valence electrons. The van der Waals surface area contributed by atoms with E-state index in [0.717, 1.165) is 6.54 Å². The normalized spacial score (nSPS) is 16.4. The Morgan fingerprint density at radius 2 is 1.95 bits per heavy atom. The molecule has 0 saturated heterocycles. The van der Waals surface area contributed by atoms with Crippen LogP contribution in [0, 0.1) is 6.92 Å². The quantitative estimate of drug-likeness (QED) is 0.571. The SMILES string of the molecule is Cc1cc(=O)[nH]cc1C(=O)NCCNC1CCCCCC1. The van der Waals surface area contributed by atoms with Gasteiger partial charge in [0, 0.05) is 31.4 Å². The van der Waals surface area contributed by atoms with Gasteiger partial charge in [0.2, 0.25) is 5.56 Å². The van der Waals surface area contributed by atoms with E-state index in [0.29, 0.717) is 23.7 Å². The first-order chi connectivity index (χ1) is 10.2. The monoisotopic (exact) mass is 291 g/mol. The molecule has 1 heterocycles. The molecule has 1 aromatic heterocycles. The van der Waals surface area contributed by atoms with Crippen LogP contribution in [0.2, 0.25) is 0 Å². The molecular formula is C16H25N3O2. The van der Waals surface area contributed by atoms with Gasteiger partial charge in [-0.25, -0.2) is 0 Å². The maximum absolute atomic E-state index is 12.0. The average molecular weight is 291 g/mol. The maximum Gasteiger partial charge on any atom is 0.253 e. The summed E-state index contributed by atoms with van der Waals surface area (Å²) in [6, 6.07) is 2.04. The van der Waals surface area contributed by atoms with Crippen LogP contribution in [0.25, 0.3) is 0 Å². The molecule has 5 heteroatoms. The van der Waals surface area contributed by atoms with Gasteiger partial charge in [-0.15, -0.1) is 0 Å². The maximum atomic E-state index is 12.0. The van der Waals surface area contributed by atoms with Crippen LogP contribution in [-0.4, -0.2) is 30.0 Å². The minimum absolute atomic E-state index is 0.133. The largest absolute Gasteiger partial charge is 0.351 e. The molecule has 0 bridgehead atoms. The minimum atomic E-state index is -0.181. The van der Waals surface area contributed by atoms with E-state index in [-0.39, 0.29) is 11.5 Å². The van der Waals surface area contributed by atoms with Crippen molar-refractivity contribution in [2.75, 3.05) is 13.1 Å². The van der Waals surface area contributed by atoms with Crippen molar-refractivity contribution in [2.24, 2.45) is 0 Å². The van der Waals surface area contributed by atoms with Crippen molar-refractivity contribution in [1.29, 1.82) is 0 Å². The number of carbonyl (C=O) groups excluding carboxylic acids is 1. The molecule has 0 aromatic carbocycles. The molecule has 1 aliphatic rings. The van der Waals surface area contributed by atoms with Gasteiger partial charge in [0.25, 0.3) is 5.91 Å². The standard InChI is InChI=1S/C16H25N3O2/c1-12-10-15(20)19-11-14(12)16(21)18-9-8-17-13-6-4-2-3-5-7-13/h10-11,13,17H,2-9H2,1H3,(H,18,21)(H,19,20). The van der Waals surface area contributed by atoms with Crippen molar-refractivity contribution >= 4 is 5.91 Å². The van der Waals surface area contributed by atoms with Gasteiger partial charge in [-0.2, -0.15) is 0 Å². The van der Waals surface area contributed by atoms with Crippen LogP contribution in [0.15, 0.2) is 17.1 Å². The van der Waals surface area contributed by atoms with Gasteiger partial charge < -0.3 is 15.6 Å². The van der Waals surface area contributed by atoms with E-state index < -0.39 is 0 Å². The third-order valence-corrected chi connectivity index (χ3v) is 4.07. The number of pyridine rings is 1. The highest BCUT2D eigenvalue weighted by atomic mass is 16.1. The summed E-state index contributed by atoms with van der Waals surface area (Å²) >= 11 is 0. The molecule has 0 aliphatic heterocycles. The summed E-state index contributed by atoms with van der Waals surface area (Å²) in [5, 5.41) is 6.41. The fourth-order valence-corrected chi connectivity index (χ4v) is 2.85. The molecule has 5 nitrogen and oxygen atoms in total. The molecule has 2 rings (SSSR count). The van der Waals surface area contributed by atoms with Gasteiger partial charge >= 0.3 is 0 Å². The minimum Gasteiger partial charge on any atom is -0.351 e. The highest BCUT2D eigenvalue weighted by Crippen LogP contribution is 2.16. The van der Waals surface area contributed by atoms with Crippen LogP contribution in [0.1, 0.15) is 54.4 Å². The molecule has 1 aliphatic carbocycles. The summed E-state index contributed by atoms with van der Waals surface area (Å²) in [6.45, 7) is 3.17. The number of hydrogen-bond donors (Lipinski definition) is 3. The number of rotatable bonds is 5. The predicted octanol–water partition coefficient (Wildman–Crippen LogP) is 1.73. The highest BCUT2D eigenvalue weighted by Gasteiger charge is 2.12. The molecule has 1 amide bonds. The average Bonchev–Trinajstić information content (AvgIpc) is 2.72. The van der Waals surface area contributed by atoms with Crippen LogP contribution in [0.5, 0.6) is 0 Å². The van der Waals surface area contributed by atoms with E-state index in [1.807, 2.05) is 0 Å². The molecule has 1 saturated carbocycles. The summed E-state index contributed by atoms with van der Waals surface area (Å²) in [6.07, 6.45) is 9.27. The summed E-state index contributed by atoms with van der Waals surface area (Å²) < 4.78 is 0. The van der Waals surface area contributed by atoms with E-state index in [1.54, 1.807) is 6.92 Å². The second-order valence-corrected chi connectivity index (χ2v) is 5.79. The van der Waals surface area contributed by atoms with Crippen molar-refractivity contribution < 1.29 is 4.79 Å². The molecule has 0 unspecified atom stereocenters. The third-order valence-electron chi connectivity index (χ3n) is 4.07. The van der Waals surface area contributed by atoms with E-state index >= 15 is 0 Å². The van der Waals surface area contributed by atoms with Crippen molar-refractivity contribution in [2.45, 2.75) is 51.5 Å². The van der Waals surface area contributed by atoms with E-state index in [2.05, 4.69) is 15.6 Å². The Labute approximate surface area is 125 Å². The van der Waals surface area contributed by atoms with Gasteiger partial charge in [-0.05, 0) is 25.3 Å². The first-order valence-corrected chi connectivity index (χ1v) is 7.88. The van der Waals surface area contributed by atoms with Gasteiger partial charge in [0.05, 0.1) is 5.56 Å². The Hall–Kier alpha value is -1.62. The molecule has 3 N–H and O–H groups in total. The third kappa shape index (κ3) is 5.01. The Bertz CT molecular complexity index is 516. The fraction of sp³-hybridized carbons (Fsp3) is 0.625. The smallest absolute Gasteiger partial charge is 0.253 e. The summed E-state index contributed by atoms with van der Waals surface area (Å²) in [5.74, 6) is -0.133. The lowest BCUT2D eigenvalue weighted by Gasteiger charge is -2.16. The van der Waals surface area contributed by atoms with Gasteiger partial charge in [0.15, 0.2) is 0 Å². The van der Waals surface area contributed by atoms with Gasteiger partial charge in [-0.1, -0.05) is 25.7 Å². The first kappa shape index (κ1) is 15.8. The van der Waals surface area contributed by atoms with Crippen LogP contribution >= 0.6 is 0 Å². The Balaban J connectivity index is 1.72.